The van der Waals surface area contributed by atoms with Crippen molar-refractivity contribution in [3.63, 3.8) is 0 Å². The molecule has 5 nitrogen and oxygen atoms in total. The van der Waals surface area contributed by atoms with Crippen molar-refractivity contribution in [2.45, 2.75) is 31.9 Å². The standard InChI is InChI=1S/C9H20N2O3/c1-9(2,4-5-12)11-8(13)7(6-10)14-3/h7,12H,4-6,10H2,1-3H3,(H,11,13). The molecule has 0 aromatic carbocycles. The first kappa shape index (κ1) is 13.4. The molecular formula is C9H20N2O3. The van der Waals surface area contributed by atoms with Crippen LogP contribution in [0.15, 0.2) is 0 Å². The summed E-state index contributed by atoms with van der Waals surface area (Å²) in [5.41, 5.74) is 4.91. The number of amides is 1. The van der Waals surface area contributed by atoms with Crippen LogP contribution in [0.3, 0.4) is 0 Å². The van der Waals surface area contributed by atoms with E-state index in [1.54, 1.807) is 0 Å². The van der Waals surface area contributed by atoms with Gasteiger partial charge in [-0.2, -0.15) is 0 Å². The van der Waals surface area contributed by atoms with Gasteiger partial charge in [-0.3, -0.25) is 4.79 Å². The Hall–Kier alpha value is -0.650. The van der Waals surface area contributed by atoms with Gasteiger partial charge in [0, 0.05) is 25.8 Å². The Bertz CT molecular complexity index is 179. The fourth-order valence-corrected chi connectivity index (χ4v) is 1.07. The van der Waals surface area contributed by atoms with Crippen LogP contribution >= 0.6 is 0 Å². The number of nitrogens with two attached hydrogens (primary N) is 1. The van der Waals surface area contributed by atoms with E-state index in [0.29, 0.717) is 6.42 Å². The Morgan fingerprint density at radius 3 is 2.57 bits per heavy atom. The molecule has 84 valence electrons. The zero-order valence-corrected chi connectivity index (χ0v) is 9.04. The van der Waals surface area contributed by atoms with E-state index in [9.17, 15) is 4.79 Å². The average Bonchev–Trinajstić information content (AvgIpc) is 2.04. The molecule has 0 spiro atoms. The monoisotopic (exact) mass is 204 g/mol. The maximum atomic E-state index is 11.5. The summed E-state index contributed by atoms with van der Waals surface area (Å²) in [7, 11) is 1.44. The first-order valence-corrected chi connectivity index (χ1v) is 4.62. The van der Waals surface area contributed by atoms with Crippen LogP contribution in [0, 0.1) is 0 Å². The van der Waals surface area contributed by atoms with E-state index in [-0.39, 0.29) is 19.1 Å². The smallest absolute Gasteiger partial charge is 0.250 e. The molecular weight excluding hydrogens is 184 g/mol. The van der Waals surface area contributed by atoms with Gasteiger partial charge >= 0.3 is 0 Å². The Morgan fingerprint density at radius 2 is 2.21 bits per heavy atom. The van der Waals surface area contributed by atoms with E-state index in [1.165, 1.54) is 7.11 Å². The molecule has 0 saturated carbocycles. The highest BCUT2D eigenvalue weighted by Gasteiger charge is 2.24. The number of aliphatic hydroxyl groups excluding tert-OH is 1. The molecule has 5 heteroatoms. The summed E-state index contributed by atoms with van der Waals surface area (Å²) >= 11 is 0. The van der Waals surface area contributed by atoms with Gasteiger partial charge in [-0.25, -0.2) is 0 Å². The summed E-state index contributed by atoms with van der Waals surface area (Å²) < 4.78 is 4.89. The molecule has 0 bridgehead atoms. The van der Waals surface area contributed by atoms with Crippen molar-refractivity contribution < 1.29 is 14.6 Å². The molecule has 0 aliphatic heterocycles. The summed E-state index contributed by atoms with van der Waals surface area (Å²) in [5.74, 6) is -0.242. The van der Waals surface area contributed by atoms with Crippen molar-refractivity contribution in [3.8, 4) is 0 Å². The predicted octanol–water partition coefficient (Wildman–Crippen LogP) is -0.763. The molecule has 0 aromatic rings. The fourth-order valence-electron chi connectivity index (χ4n) is 1.07. The van der Waals surface area contributed by atoms with Gasteiger partial charge in [-0.1, -0.05) is 0 Å². The van der Waals surface area contributed by atoms with Crippen LogP contribution in [0.2, 0.25) is 0 Å². The third kappa shape index (κ3) is 4.55. The van der Waals surface area contributed by atoms with Gasteiger partial charge in [0.05, 0.1) is 0 Å². The number of aliphatic hydroxyl groups is 1. The first-order chi connectivity index (χ1) is 6.46. The number of rotatable bonds is 6. The normalized spacial score (nSPS) is 13.8. The lowest BCUT2D eigenvalue weighted by molar-refractivity contribution is -0.132. The quantitative estimate of drug-likeness (QED) is 0.531. The topological polar surface area (TPSA) is 84.6 Å². The largest absolute Gasteiger partial charge is 0.396 e. The van der Waals surface area contributed by atoms with Crippen LogP contribution in [0.4, 0.5) is 0 Å². The average molecular weight is 204 g/mol. The summed E-state index contributed by atoms with van der Waals surface area (Å²) in [6.45, 7) is 3.86. The minimum absolute atomic E-state index is 0.0353. The van der Waals surface area contributed by atoms with Gasteiger partial charge in [0.1, 0.15) is 6.10 Å². The lowest BCUT2D eigenvalue weighted by atomic mass is 10.0. The van der Waals surface area contributed by atoms with Crippen LogP contribution in [0.5, 0.6) is 0 Å². The Morgan fingerprint density at radius 1 is 1.64 bits per heavy atom. The second-order valence-corrected chi connectivity index (χ2v) is 3.81. The van der Waals surface area contributed by atoms with Crippen LogP contribution in [0.1, 0.15) is 20.3 Å². The highest BCUT2D eigenvalue weighted by Crippen LogP contribution is 2.07. The van der Waals surface area contributed by atoms with Gasteiger partial charge in [-0.15, -0.1) is 0 Å². The molecule has 0 saturated heterocycles. The minimum atomic E-state index is -0.618. The SMILES string of the molecule is COC(CN)C(=O)NC(C)(C)CCO. The number of ether oxygens (including phenoxy) is 1. The predicted molar refractivity (Wildman–Crippen MR) is 53.8 cm³/mol. The zero-order chi connectivity index (χ0) is 11.2. The number of carbonyl (C=O) groups is 1. The Labute approximate surface area is 84.6 Å². The van der Waals surface area contributed by atoms with Gasteiger partial charge < -0.3 is 20.9 Å². The van der Waals surface area contributed by atoms with Crippen molar-refractivity contribution in [3.05, 3.63) is 0 Å². The van der Waals surface area contributed by atoms with Crippen LogP contribution in [-0.4, -0.2) is 42.9 Å². The second-order valence-electron chi connectivity index (χ2n) is 3.81. The van der Waals surface area contributed by atoms with E-state index in [2.05, 4.69) is 5.32 Å². The summed E-state index contributed by atoms with van der Waals surface area (Å²) in [5, 5.41) is 11.5. The molecule has 4 N–H and O–H groups in total. The summed E-state index contributed by atoms with van der Waals surface area (Å²) in [6.07, 6.45) is -0.118. The van der Waals surface area contributed by atoms with Gasteiger partial charge in [-0.05, 0) is 20.3 Å². The molecule has 1 atom stereocenters. The maximum absolute atomic E-state index is 11.5. The molecule has 1 unspecified atom stereocenters. The molecule has 1 amide bonds. The third-order valence-electron chi connectivity index (χ3n) is 1.99. The molecule has 0 radical (unpaired) electrons. The number of carbonyl (C=O) groups excluding carboxylic acids is 1. The maximum Gasteiger partial charge on any atom is 0.250 e. The lowest BCUT2D eigenvalue weighted by Gasteiger charge is -2.27. The first-order valence-electron chi connectivity index (χ1n) is 4.62. The molecule has 0 fully saturated rings. The molecule has 0 aliphatic carbocycles. The lowest BCUT2D eigenvalue weighted by Crippen LogP contribution is -2.50. The van der Waals surface area contributed by atoms with Crippen molar-refractivity contribution in [1.29, 1.82) is 0 Å². The molecule has 0 heterocycles. The minimum Gasteiger partial charge on any atom is -0.396 e. The van der Waals surface area contributed by atoms with E-state index >= 15 is 0 Å². The van der Waals surface area contributed by atoms with E-state index in [4.69, 9.17) is 15.6 Å². The second kappa shape index (κ2) is 5.95. The molecule has 0 aliphatic rings. The highest BCUT2D eigenvalue weighted by molar-refractivity contribution is 5.81. The molecule has 0 aromatic heterocycles. The number of hydrogen-bond donors (Lipinski definition) is 3. The van der Waals surface area contributed by atoms with Crippen LogP contribution < -0.4 is 11.1 Å². The van der Waals surface area contributed by atoms with E-state index in [1.807, 2.05) is 13.8 Å². The Kier molecular flexibility index (Phi) is 5.68. The van der Waals surface area contributed by atoms with Crippen LogP contribution in [-0.2, 0) is 9.53 Å². The van der Waals surface area contributed by atoms with Crippen molar-refractivity contribution in [1.82, 2.24) is 5.32 Å². The highest BCUT2D eigenvalue weighted by atomic mass is 16.5. The van der Waals surface area contributed by atoms with Gasteiger partial charge in [0.2, 0.25) is 0 Å². The third-order valence-corrected chi connectivity index (χ3v) is 1.99. The van der Waals surface area contributed by atoms with Crippen molar-refractivity contribution in [2.24, 2.45) is 5.73 Å². The fraction of sp³-hybridized carbons (Fsp3) is 0.889. The van der Waals surface area contributed by atoms with Gasteiger partial charge in [0.15, 0.2) is 0 Å². The number of hydrogen-bond acceptors (Lipinski definition) is 4. The van der Waals surface area contributed by atoms with Gasteiger partial charge in [0.25, 0.3) is 5.91 Å². The Balaban J connectivity index is 4.15. The summed E-state index contributed by atoms with van der Waals surface area (Å²) in [4.78, 5) is 11.5. The summed E-state index contributed by atoms with van der Waals surface area (Å²) in [6, 6.07) is 0. The molecule has 0 rings (SSSR count). The molecule has 14 heavy (non-hydrogen) atoms. The number of nitrogens with one attached hydrogen (secondary N) is 1. The van der Waals surface area contributed by atoms with E-state index < -0.39 is 11.6 Å². The van der Waals surface area contributed by atoms with E-state index in [0.717, 1.165) is 0 Å². The van der Waals surface area contributed by atoms with Crippen molar-refractivity contribution in [2.75, 3.05) is 20.3 Å². The van der Waals surface area contributed by atoms with Crippen LogP contribution in [0.25, 0.3) is 0 Å². The number of methoxy groups -OCH3 is 1. The van der Waals surface area contributed by atoms with Crippen molar-refractivity contribution >= 4 is 5.91 Å². The zero-order valence-electron chi connectivity index (χ0n) is 9.04.